The van der Waals surface area contributed by atoms with E-state index in [9.17, 15) is 9.59 Å². The molecular formula is C52H96N4O4. The van der Waals surface area contributed by atoms with E-state index in [-0.39, 0.29) is 5.96 Å². The van der Waals surface area contributed by atoms with Gasteiger partial charge in [0.1, 0.15) is 11.2 Å². The first-order chi connectivity index (χ1) is 28.8. The van der Waals surface area contributed by atoms with Crippen LogP contribution in [0.3, 0.4) is 0 Å². The minimum atomic E-state index is -0.768. The number of guanidine groups is 1. The molecule has 0 radical (unpaired) electrons. The molecule has 0 aliphatic heterocycles. The van der Waals surface area contributed by atoms with Crippen LogP contribution in [0.4, 0.5) is 9.59 Å². The second-order valence-corrected chi connectivity index (χ2v) is 18.9. The number of amides is 2. The highest BCUT2D eigenvalue weighted by Crippen LogP contribution is 2.21. The maximum absolute atomic E-state index is 12.5. The maximum atomic E-state index is 12.5. The van der Waals surface area contributed by atoms with Crippen LogP contribution in [0.2, 0.25) is 0 Å². The van der Waals surface area contributed by atoms with Crippen molar-refractivity contribution in [2.45, 2.75) is 234 Å². The van der Waals surface area contributed by atoms with Crippen molar-refractivity contribution >= 4 is 18.1 Å². The van der Waals surface area contributed by atoms with Crippen molar-refractivity contribution in [1.29, 1.82) is 0 Å². The molecule has 2 amide bonds. The number of hydrogen-bond donors (Lipinski definition) is 2. The van der Waals surface area contributed by atoms with E-state index in [4.69, 9.17) is 9.47 Å². The van der Waals surface area contributed by atoms with Crippen LogP contribution in [0.1, 0.15) is 222 Å². The van der Waals surface area contributed by atoms with Crippen molar-refractivity contribution in [2.24, 2.45) is 10.9 Å². The van der Waals surface area contributed by atoms with E-state index in [1.165, 1.54) is 154 Å². The Balaban J connectivity index is 4.86. The lowest BCUT2D eigenvalue weighted by molar-refractivity contribution is 0.0560. The van der Waals surface area contributed by atoms with Crippen molar-refractivity contribution in [1.82, 2.24) is 15.5 Å². The summed E-state index contributed by atoms with van der Waals surface area (Å²) in [5.74, 6) is 0.688. The Morgan fingerprint density at radius 2 is 0.967 bits per heavy atom. The van der Waals surface area contributed by atoms with Gasteiger partial charge in [-0.2, -0.15) is 0 Å². The first-order valence-electron chi connectivity index (χ1n) is 24.6. The Kier molecular flexibility index (Phi) is 37.1. The molecule has 2 N–H and O–H groups in total. The Hall–Kier alpha value is -2.87. The zero-order valence-electron chi connectivity index (χ0n) is 40.7. The van der Waals surface area contributed by atoms with Gasteiger partial charge in [-0.15, -0.1) is 4.99 Å². The normalized spacial score (nSPS) is 12.9. The first kappa shape index (κ1) is 57.1. The summed E-state index contributed by atoms with van der Waals surface area (Å²) < 4.78 is 10.8. The lowest BCUT2D eigenvalue weighted by Gasteiger charge is -2.25. The van der Waals surface area contributed by atoms with Crippen LogP contribution >= 0.6 is 0 Å². The number of carbonyl (C=O) groups is 2. The average molecular weight is 841 g/mol. The number of hydrogen-bond acceptors (Lipinski definition) is 5. The number of carbonyl (C=O) groups excluding carboxylic acids is 2. The van der Waals surface area contributed by atoms with E-state index >= 15 is 0 Å². The summed E-state index contributed by atoms with van der Waals surface area (Å²) in [4.78, 5) is 31.4. The van der Waals surface area contributed by atoms with Crippen LogP contribution in [-0.4, -0.2) is 60.9 Å². The second-order valence-electron chi connectivity index (χ2n) is 18.9. The number of nitrogens with one attached hydrogen (secondary N) is 2. The molecule has 0 saturated carbocycles. The number of allylic oxidation sites excluding steroid dienone is 8. The molecule has 0 aromatic rings. The molecule has 0 atom stereocenters. The summed E-state index contributed by atoms with van der Waals surface area (Å²) in [7, 11) is 2.16. The van der Waals surface area contributed by atoms with Gasteiger partial charge in [-0.25, -0.2) is 9.59 Å². The molecule has 0 heterocycles. The second kappa shape index (κ2) is 39.0. The fourth-order valence-corrected chi connectivity index (χ4v) is 6.95. The highest BCUT2D eigenvalue weighted by molar-refractivity contribution is 5.98. The molecule has 8 heteroatoms. The molecule has 0 aliphatic carbocycles. The summed E-state index contributed by atoms with van der Waals surface area (Å²) >= 11 is 0. The summed E-state index contributed by atoms with van der Waals surface area (Å²) in [6, 6.07) is 0. The molecule has 60 heavy (non-hydrogen) atoms. The average Bonchev–Trinajstić information content (AvgIpc) is 3.15. The van der Waals surface area contributed by atoms with E-state index in [1.54, 1.807) is 41.5 Å². The Morgan fingerprint density at radius 3 is 1.38 bits per heavy atom. The van der Waals surface area contributed by atoms with Gasteiger partial charge in [-0.1, -0.05) is 152 Å². The highest BCUT2D eigenvalue weighted by Gasteiger charge is 2.20. The number of alkyl carbamates (subject to hydrolysis) is 1. The lowest BCUT2D eigenvalue weighted by atomic mass is 9.93. The zero-order valence-corrected chi connectivity index (χ0v) is 40.7. The van der Waals surface area contributed by atoms with Gasteiger partial charge >= 0.3 is 12.2 Å². The molecule has 0 fully saturated rings. The van der Waals surface area contributed by atoms with Crippen molar-refractivity contribution in [2.75, 3.05) is 26.7 Å². The van der Waals surface area contributed by atoms with Crippen LogP contribution < -0.4 is 10.6 Å². The highest BCUT2D eigenvalue weighted by atomic mass is 16.6. The van der Waals surface area contributed by atoms with E-state index < -0.39 is 23.4 Å². The fraction of sp³-hybridized carbons (Fsp3) is 0.788. The third-order valence-corrected chi connectivity index (χ3v) is 10.2. The predicted octanol–water partition coefficient (Wildman–Crippen LogP) is 15.3. The van der Waals surface area contributed by atoms with Crippen LogP contribution in [0.5, 0.6) is 0 Å². The monoisotopic (exact) mass is 841 g/mol. The largest absolute Gasteiger partial charge is 0.444 e. The number of aliphatic imine (C=N–C) groups is 1. The third-order valence-electron chi connectivity index (χ3n) is 10.2. The van der Waals surface area contributed by atoms with Gasteiger partial charge in [0.05, 0.1) is 0 Å². The van der Waals surface area contributed by atoms with Crippen molar-refractivity contribution < 1.29 is 19.1 Å². The molecule has 0 aromatic heterocycles. The molecule has 0 rings (SSSR count). The lowest BCUT2D eigenvalue weighted by Crippen LogP contribution is -2.46. The SMILES string of the molecule is CCCCC/C=C\C/C=C\CCCCCCCCC(CCCCCCCC/C=C\C/C=C\CCCCC)CN(C)CCN/C(=N\C(=O)OC(C)(C)C)NC(=O)OC(C)(C)C. The number of likely N-dealkylation sites (N-methyl/N-ethyl adjacent to an activating group) is 1. The van der Waals surface area contributed by atoms with Gasteiger partial charge in [0.2, 0.25) is 5.96 Å². The van der Waals surface area contributed by atoms with E-state index in [1.807, 2.05) is 0 Å². The minimum absolute atomic E-state index is 0.0335. The van der Waals surface area contributed by atoms with E-state index in [0.29, 0.717) is 12.5 Å². The summed E-state index contributed by atoms with van der Waals surface area (Å²) in [5, 5.41) is 5.74. The topological polar surface area (TPSA) is 92.3 Å². The number of unbranched alkanes of at least 4 members (excludes halogenated alkanes) is 18. The van der Waals surface area contributed by atoms with Gasteiger partial charge in [-0.3, -0.25) is 5.32 Å². The number of nitrogens with zero attached hydrogens (tertiary/aromatic N) is 2. The van der Waals surface area contributed by atoms with Crippen molar-refractivity contribution in [3.8, 4) is 0 Å². The van der Waals surface area contributed by atoms with Gasteiger partial charge in [0.25, 0.3) is 0 Å². The smallest absolute Gasteiger partial charge is 0.437 e. The molecule has 0 saturated heterocycles. The molecule has 0 aliphatic rings. The Morgan fingerprint density at radius 1 is 0.567 bits per heavy atom. The fourth-order valence-electron chi connectivity index (χ4n) is 6.95. The van der Waals surface area contributed by atoms with Crippen molar-refractivity contribution in [3.63, 3.8) is 0 Å². The summed E-state index contributed by atoms with van der Waals surface area (Å²) in [5.41, 5.74) is -1.38. The van der Waals surface area contributed by atoms with E-state index in [0.717, 1.165) is 25.9 Å². The maximum Gasteiger partial charge on any atom is 0.437 e. The molecule has 0 bridgehead atoms. The van der Waals surface area contributed by atoms with Crippen LogP contribution in [0.15, 0.2) is 53.6 Å². The quantitative estimate of drug-likeness (QED) is 0.0286. The van der Waals surface area contributed by atoms with Gasteiger partial charge in [0, 0.05) is 19.6 Å². The zero-order chi connectivity index (χ0) is 44.6. The predicted molar refractivity (Wildman–Crippen MR) is 260 cm³/mol. The number of rotatable bonds is 35. The van der Waals surface area contributed by atoms with Crippen LogP contribution in [0.25, 0.3) is 0 Å². The standard InChI is InChI=1S/C52H96N4O4/c1-10-12-14-16-18-20-22-24-26-28-30-32-34-36-38-40-42-47(43-41-39-37-35-33-31-29-27-25-23-21-19-17-15-13-11-2)46-56(9)45-44-53-48(54-49(57)59-51(3,4)5)55-50(58)60-52(6,7)8/h18-21,24-27,47H,10-17,22-23,28-46H2,1-9H3,(H2,53,54,55,57,58)/b20-18-,21-19-,26-24-,27-25-. The third kappa shape index (κ3) is 43.2. The molecule has 0 spiro atoms. The number of ether oxygens (including phenoxy) is 2. The minimum Gasteiger partial charge on any atom is -0.444 e. The summed E-state index contributed by atoms with van der Waals surface area (Å²) in [6.07, 6.45) is 50.4. The molecule has 8 nitrogen and oxygen atoms in total. The van der Waals surface area contributed by atoms with Crippen LogP contribution in [0, 0.1) is 5.92 Å². The van der Waals surface area contributed by atoms with Crippen LogP contribution in [-0.2, 0) is 9.47 Å². The summed E-state index contributed by atoms with van der Waals surface area (Å²) in [6.45, 7) is 17.5. The van der Waals surface area contributed by atoms with Gasteiger partial charge in [0.15, 0.2) is 0 Å². The van der Waals surface area contributed by atoms with Crippen molar-refractivity contribution in [3.05, 3.63) is 48.6 Å². The molecule has 0 unspecified atom stereocenters. The molecular weight excluding hydrogens is 745 g/mol. The Bertz CT molecular complexity index is 1130. The first-order valence-corrected chi connectivity index (χ1v) is 24.6. The van der Waals surface area contributed by atoms with E-state index in [2.05, 4.69) is 90.0 Å². The Labute approximate surface area is 371 Å². The van der Waals surface area contributed by atoms with Gasteiger partial charge in [-0.05, 0) is 132 Å². The van der Waals surface area contributed by atoms with Gasteiger partial charge < -0.3 is 19.7 Å². The molecule has 348 valence electrons. The molecule has 0 aromatic carbocycles.